The minimum atomic E-state index is -1.13. The average Bonchev–Trinajstić information content (AvgIpc) is 3.00. The number of amides is 1. The second-order valence-electron chi connectivity index (χ2n) is 6.58. The van der Waals surface area contributed by atoms with E-state index in [4.69, 9.17) is 15.6 Å². The average molecular weight is 382 g/mol. The minimum absolute atomic E-state index is 0.193. The molecule has 3 rings (SSSR count). The molecule has 1 aliphatic carbocycles. The topological polar surface area (TPSA) is 112 Å². The highest BCUT2D eigenvalue weighted by Gasteiger charge is 2.27. The Morgan fingerprint density at radius 3 is 2.68 bits per heavy atom. The Morgan fingerprint density at radius 2 is 2.07 bits per heavy atom. The first-order valence-corrected chi connectivity index (χ1v) is 9.11. The molecular weight excluding hydrogens is 360 g/mol. The van der Waals surface area contributed by atoms with Gasteiger partial charge in [0, 0.05) is 12.2 Å². The van der Waals surface area contributed by atoms with Gasteiger partial charge in [-0.1, -0.05) is 36.8 Å². The smallest absolute Gasteiger partial charge is 0.341 e. The summed E-state index contributed by atoms with van der Waals surface area (Å²) >= 11 is 0. The summed E-state index contributed by atoms with van der Waals surface area (Å²) in [5.41, 5.74) is 8.08. The lowest BCUT2D eigenvalue weighted by Crippen LogP contribution is -2.24. The van der Waals surface area contributed by atoms with Gasteiger partial charge in [0.2, 0.25) is 0 Å². The molecule has 7 nitrogen and oxygen atoms in total. The molecular formula is C21H22N2O5. The molecule has 2 aromatic rings. The number of Topliss-reactive ketones (excluding diaryl/α,β-unsaturated/α-hetero) is 1. The van der Waals surface area contributed by atoms with Crippen LogP contribution in [-0.4, -0.2) is 33.9 Å². The Hall–Kier alpha value is -3.35. The minimum Gasteiger partial charge on any atom is -0.481 e. The molecule has 7 heteroatoms. The van der Waals surface area contributed by atoms with Gasteiger partial charge in [-0.25, -0.2) is 4.79 Å². The fourth-order valence-electron chi connectivity index (χ4n) is 3.58. The van der Waals surface area contributed by atoms with E-state index in [1.165, 1.54) is 5.57 Å². The van der Waals surface area contributed by atoms with Crippen molar-refractivity contribution in [2.24, 2.45) is 5.73 Å². The van der Waals surface area contributed by atoms with Crippen molar-refractivity contribution in [2.45, 2.75) is 32.7 Å². The van der Waals surface area contributed by atoms with Gasteiger partial charge in [-0.3, -0.25) is 9.59 Å². The molecule has 0 fully saturated rings. The van der Waals surface area contributed by atoms with Crippen molar-refractivity contribution in [1.82, 2.24) is 4.57 Å². The van der Waals surface area contributed by atoms with Gasteiger partial charge in [0.25, 0.3) is 11.7 Å². The summed E-state index contributed by atoms with van der Waals surface area (Å²) in [6, 6.07) is 5.16. The summed E-state index contributed by atoms with van der Waals surface area (Å²) in [5.74, 6) is -2.74. The zero-order valence-corrected chi connectivity index (χ0v) is 15.6. The van der Waals surface area contributed by atoms with Crippen LogP contribution in [0.1, 0.15) is 35.8 Å². The van der Waals surface area contributed by atoms with Crippen molar-refractivity contribution >= 4 is 28.6 Å². The zero-order chi connectivity index (χ0) is 20.3. The van der Waals surface area contributed by atoms with Crippen LogP contribution in [0.2, 0.25) is 0 Å². The van der Waals surface area contributed by atoms with Crippen molar-refractivity contribution in [2.75, 3.05) is 6.61 Å². The molecule has 0 spiro atoms. The van der Waals surface area contributed by atoms with Crippen molar-refractivity contribution in [1.29, 1.82) is 0 Å². The SMILES string of the molecule is CCc1c(C(=O)C(N)=O)c2c(OCC(=O)O)cccc2n1CC1=CC=CCC1. The van der Waals surface area contributed by atoms with E-state index in [1.54, 1.807) is 12.1 Å². The predicted octanol–water partition coefficient (Wildman–Crippen LogP) is 2.61. The fraction of sp³-hybridized carbons (Fsp3) is 0.286. The third-order valence-corrected chi connectivity index (χ3v) is 4.76. The number of ether oxygens (including phenoxy) is 1. The third kappa shape index (κ3) is 3.69. The molecule has 1 heterocycles. The van der Waals surface area contributed by atoms with E-state index in [0.29, 0.717) is 29.6 Å². The largest absolute Gasteiger partial charge is 0.481 e. The number of nitrogens with two attached hydrogens (primary N) is 1. The maximum Gasteiger partial charge on any atom is 0.341 e. The van der Waals surface area contributed by atoms with Crippen LogP contribution in [0.25, 0.3) is 10.9 Å². The van der Waals surface area contributed by atoms with Gasteiger partial charge in [0.15, 0.2) is 6.61 Å². The van der Waals surface area contributed by atoms with Crippen LogP contribution in [0.3, 0.4) is 0 Å². The summed E-state index contributed by atoms with van der Waals surface area (Å²) in [6.45, 7) is 1.92. The van der Waals surface area contributed by atoms with E-state index < -0.39 is 24.3 Å². The number of carbonyl (C=O) groups is 3. The predicted molar refractivity (Wildman–Crippen MR) is 104 cm³/mol. The molecule has 1 aromatic heterocycles. The molecule has 0 saturated carbocycles. The number of aromatic nitrogens is 1. The highest BCUT2D eigenvalue weighted by Crippen LogP contribution is 2.35. The maximum absolute atomic E-state index is 12.6. The Kier molecular flexibility index (Phi) is 5.63. The second-order valence-corrected chi connectivity index (χ2v) is 6.58. The van der Waals surface area contributed by atoms with Crippen LogP contribution in [0.5, 0.6) is 5.75 Å². The molecule has 0 radical (unpaired) electrons. The van der Waals surface area contributed by atoms with Gasteiger partial charge in [-0.05, 0) is 31.4 Å². The summed E-state index contributed by atoms with van der Waals surface area (Å²) in [5, 5.41) is 9.38. The van der Waals surface area contributed by atoms with E-state index in [1.807, 2.05) is 23.6 Å². The van der Waals surface area contributed by atoms with Crippen LogP contribution < -0.4 is 10.5 Å². The van der Waals surface area contributed by atoms with Crippen molar-refractivity contribution in [3.05, 3.63) is 53.3 Å². The lowest BCUT2D eigenvalue weighted by atomic mass is 10.0. The molecule has 1 amide bonds. The number of carboxylic acids is 1. The Balaban J connectivity index is 2.24. The second kappa shape index (κ2) is 8.12. The molecule has 0 atom stereocenters. The number of hydrogen-bond donors (Lipinski definition) is 2. The summed E-state index contributed by atoms with van der Waals surface area (Å²) in [7, 11) is 0. The number of carboxylic acid groups (broad SMARTS) is 1. The normalized spacial score (nSPS) is 13.4. The number of rotatable bonds is 8. The highest BCUT2D eigenvalue weighted by atomic mass is 16.5. The molecule has 28 heavy (non-hydrogen) atoms. The first kappa shape index (κ1) is 19.4. The standard InChI is InChI=1S/C21H22N2O5/c1-2-14-19(20(26)21(22)27)18-15(9-6-10-16(18)28-12-17(24)25)23(14)11-13-7-4-3-5-8-13/h3-4,6-7,9-10H,2,5,8,11-12H2,1H3,(H2,22,27)(H,24,25). The third-order valence-electron chi connectivity index (χ3n) is 4.76. The zero-order valence-electron chi connectivity index (χ0n) is 15.6. The molecule has 0 saturated heterocycles. The van der Waals surface area contributed by atoms with E-state index in [0.717, 1.165) is 12.8 Å². The number of allylic oxidation sites excluding steroid dienone is 4. The highest BCUT2D eigenvalue weighted by molar-refractivity contribution is 6.45. The van der Waals surface area contributed by atoms with Crippen molar-refractivity contribution in [3.63, 3.8) is 0 Å². The molecule has 3 N–H and O–H groups in total. The van der Waals surface area contributed by atoms with Gasteiger partial charge in [0.05, 0.1) is 16.5 Å². The van der Waals surface area contributed by atoms with E-state index in [9.17, 15) is 14.4 Å². The number of primary amides is 1. The molecule has 0 unspecified atom stereocenters. The van der Waals surface area contributed by atoms with E-state index in [-0.39, 0.29) is 11.3 Å². The summed E-state index contributed by atoms with van der Waals surface area (Å²) < 4.78 is 7.40. The Morgan fingerprint density at radius 1 is 1.29 bits per heavy atom. The van der Waals surface area contributed by atoms with Gasteiger partial charge in [-0.2, -0.15) is 0 Å². The fourth-order valence-corrected chi connectivity index (χ4v) is 3.58. The lowest BCUT2D eigenvalue weighted by Gasteiger charge is -2.14. The molecule has 0 aliphatic heterocycles. The lowest BCUT2D eigenvalue weighted by molar-refractivity contribution is -0.139. The first-order chi connectivity index (χ1) is 13.4. The van der Waals surface area contributed by atoms with Gasteiger partial charge in [0.1, 0.15) is 5.75 Å². The molecule has 0 bridgehead atoms. The summed E-state index contributed by atoms with van der Waals surface area (Å²) in [4.78, 5) is 35.3. The van der Waals surface area contributed by atoms with Crippen molar-refractivity contribution in [3.8, 4) is 5.75 Å². The number of carbonyl (C=O) groups excluding carboxylic acids is 2. The monoisotopic (exact) mass is 382 g/mol. The first-order valence-electron chi connectivity index (χ1n) is 9.11. The Bertz CT molecular complexity index is 1010. The summed E-state index contributed by atoms with van der Waals surface area (Å²) in [6.07, 6.45) is 8.52. The number of fused-ring (bicyclic) bond motifs is 1. The van der Waals surface area contributed by atoms with Crippen LogP contribution >= 0.6 is 0 Å². The van der Waals surface area contributed by atoms with Crippen LogP contribution in [0.4, 0.5) is 0 Å². The number of nitrogens with zero attached hydrogens (tertiary/aromatic N) is 1. The van der Waals surface area contributed by atoms with Gasteiger partial charge >= 0.3 is 5.97 Å². The van der Waals surface area contributed by atoms with E-state index >= 15 is 0 Å². The molecule has 1 aliphatic rings. The van der Waals surface area contributed by atoms with E-state index in [2.05, 4.69) is 12.2 Å². The van der Waals surface area contributed by atoms with Gasteiger partial charge in [-0.15, -0.1) is 0 Å². The van der Waals surface area contributed by atoms with Crippen LogP contribution in [-0.2, 0) is 22.6 Å². The quantitative estimate of drug-likeness (QED) is 0.538. The van der Waals surface area contributed by atoms with Crippen molar-refractivity contribution < 1.29 is 24.2 Å². The number of aliphatic carboxylic acids is 1. The number of benzene rings is 1. The number of ketones is 1. The number of hydrogen-bond acceptors (Lipinski definition) is 4. The van der Waals surface area contributed by atoms with Gasteiger partial charge < -0.3 is 20.1 Å². The molecule has 1 aromatic carbocycles. The Labute approximate surface area is 162 Å². The van der Waals surface area contributed by atoms with Crippen LogP contribution in [0, 0.1) is 0 Å². The molecule has 146 valence electrons. The van der Waals surface area contributed by atoms with Crippen LogP contribution in [0.15, 0.2) is 42.0 Å². The maximum atomic E-state index is 12.6.